The second kappa shape index (κ2) is 7.32. The van der Waals surface area contributed by atoms with Gasteiger partial charge in [0.15, 0.2) is 6.10 Å². The van der Waals surface area contributed by atoms with Gasteiger partial charge in [-0.05, 0) is 38.6 Å². The van der Waals surface area contributed by atoms with Crippen molar-refractivity contribution in [3.05, 3.63) is 29.8 Å². The van der Waals surface area contributed by atoms with Crippen LogP contribution < -0.4 is 4.74 Å². The number of ether oxygens (including phenoxy) is 2. The number of carbonyl (C=O) groups is 1. The molecule has 0 bridgehead atoms. The van der Waals surface area contributed by atoms with E-state index >= 15 is 0 Å². The summed E-state index contributed by atoms with van der Waals surface area (Å²) < 4.78 is 11.6. The van der Waals surface area contributed by atoms with Crippen LogP contribution in [0.1, 0.15) is 18.4 Å². The molecule has 2 aliphatic heterocycles. The number of benzene rings is 1. The van der Waals surface area contributed by atoms with Gasteiger partial charge in [0.2, 0.25) is 0 Å². The summed E-state index contributed by atoms with van der Waals surface area (Å²) in [7, 11) is 4.05. The van der Waals surface area contributed by atoms with Gasteiger partial charge in [0.05, 0.1) is 6.10 Å². The quantitative estimate of drug-likeness (QED) is 0.798. The minimum Gasteiger partial charge on any atom is -0.480 e. The van der Waals surface area contributed by atoms with Gasteiger partial charge in [-0.3, -0.25) is 4.79 Å². The van der Waals surface area contributed by atoms with E-state index in [9.17, 15) is 4.79 Å². The zero-order valence-electron chi connectivity index (χ0n) is 14.0. The molecule has 1 fully saturated rings. The Morgan fingerprint density at radius 2 is 2.09 bits per heavy atom. The van der Waals surface area contributed by atoms with Gasteiger partial charge in [0.25, 0.3) is 5.91 Å². The molecule has 0 saturated carbocycles. The van der Waals surface area contributed by atoms with Crippen molar-refractivity contribution in [3.63, 3.8) is 0 Å². The highest BCUT2D eigenvalue weighted by Gasteiger charge is 2.33. The first-order chi connectivity index (χ1) is 11.1. The van der Waals surface area contributed by atoms with Gasteiger partial charge < -0.3 is 19.3 Å². The number of para-hydroxylation sites is 1. The zero-order valence-corrected chi connectivity index (χ0v) is 14.0. The van der Waals surface area contributed by atoms with E-state index in [4.69, 9.17) is 9.47 Å². The number of likely N-dealkylation sites (N-methyl/N-ethyl adjacent to an activating group) is 1. The van der Waals surface area contributed by atoms with E-state index in [2.05, 4.69) is 4.90 Å². The minimum atomic E-state index is -0.393. The molecule has 2 aliphatic rings. The summed E-state index contributed by atoms with van der Waals surface area (Å²) in [6.45, 7) is 3.04. The Bertz CT molecular complexity index is 516. The predicted octanol–water partition coefficient (Wildman–Crippen LogP) is 1.56. The van der Waals surface area contributed by atoms with Gasteiger partial charge in [0, 0.05) is 32.7 Å². The molecule has 126 valence electrons. The monoisotopic (exact) mass is 318 g/mol. The lowest BCUT2D eigenvalue weighted by Gasteiger charge is -2.28. The van der Waals surface area contributed by atoms with Crippen molar-refractivity contribution < 1.29 is 14.3 Å². The van der Waals surface area contributed by atoms with Crippen molar-refractivity contribution in [2.24, 2.45) is 0 Å². The molecule has 1 aromatic rings. The molecule has 0 aromatic heterocycles. The molecule has 0 N–H and O–H groups in total. The summed E-state index contributed by atoms with van der Waals surface area (Å²) in [5.74, 6) is 0.925. The molecule has 3 rings (SSSR count). The van der Waals surface area contributed by atoms with E-state index in [0.717, 1.165) is 37.3 Å². The largest absolute Gasteiger partial charge is 0.480 e. The van der Waals surface area contributed by atoms with Crippen LogP contribution in [-0.2, 0) is 16.0 Å². The molecule has 2 atom stereocenters. The fraction of sp³-hybridized carbons (Fsp3) is 0.611. The van der Waals surface area contributed by atoms with Crippen molar-refractivity contribution >= 4 is 5.91 Å². The Balaban J connectivity index is 1.64. The van der Waals surface area contributed by atoms with Crippen molar-refractivity contribution in [2.75, 3.05) is 40.3 Å². The smallest absolute Gasteiger partial charge is 0.264 e. The summed E-state index contributed by atoms with van der Waals surface area (Å²) in [5, 5.41) is 0. The molecule has 0 spiro atoms. The second-order valence-electron chi connectivity index (χ2n) is 6.64. The van der Waals surface area contributed by atoms with Crippen molar-refractivity contribution in [3.8, 4) is 5.75 Å². The molecule has 1 saturated heterocycles. The lowest BCUT2D eigenvalue weighted by molar-refractivity contribution is -0.139. The van der Waals surface area contributed by atoms with Gasteiger partial charge >= 0.3 is 0 Å². The third-order valence-corrected chi connectivity index (χ3v) is 4.50. The van der Waals surface area contributed by atoms with Gasteiger partial charge in [-0.15, -0.1) is 0 Å². The maximum atomic E-state index is 12.9. The van der Waals surface area contributed by atoms with Gasteiger partial charge in [-0.1, -0.05) is 18.2 Å². The Morgan fingerprint density at radius 3 is 2.78 bits per heavy atom. The fourth-order valence-electron chi connectivity index (χ4n) is 3.17. The topological polar surface area (TPSA) is 42.0 Å². The Kier molecular flexibility index (Phi) is 5.18. The van der Waals surface area contributed by atoms with Crippen LogP contribution in [0.5, 0.6) is 5.75 Å². The van der Waals surface area contributed by atoms with E-state index in [-0.39, 0.29) is 12.0 Å². The summed E-state index contributed by atoms with van der Waals surface area (Å²) in [6, 6.07) is 7.91. The highest BCUT2D eigenvalue weighted by atomic mass is 16.5. The molecule has 1 aromatic carbocycles. The summed E-state index contributed by atoms with van der Waals surface area (Å²) in [6.07, 6.45) is 2.57. The van der Waals surface area contributed by atoms with Crippen LogP contribution >= 0.6 is 0 Å². The second-order valence-corrected chi connectivity index (χ2v) is 6.64. The average molecular weight is 318 g/mol. The summed E-state index contributed by atoms with van der Waals surface area (Å²) >= 11 is 0. The molecular weight excluding hydrogens is 292 g/mol. The number of rotatable bonds is 6. The maximum Gasteiger partial charge on any atom is 0.264 e. The molecule has 1 amide bonds. The lowest BCUT2D eigenvalue weighted by Crippen LogP contribution is -2.47. The Morgan fingerprint density at radius 1 is 1.26 bits per heavy atom. The normalized spacial score (nSPS) is 22.9. The highest BCUT2D eigenvalue weighted by Crippen LogP contribution is 2.29. The van der Waals surface area contributed by atoms with E-state index in [1.165, 1.54) is 0 Å². The van der Waals surface area contributed by atoms with Crippen molar-refractivity contribution in [1.29, 1.82) is 0 Å². The van der Waals surface area contributed by atoms with Crippen LogP contribution in [0.15, 0.2) is 24.3 Å². The number of fused-ring (bicyclic) bond motifs is 1. The lowest BCUT2D eigenvalue weighted by atomic mass is 10.1. The molecular formula is C18H26N2O3. The number of hydrogen-bond donors (Lipinski definition) is 0. The number of amides is 1. The Labute approximate surface area is 138 Å². The third-order valence-electron chi connectivity index (χ3n) is 4.50. The maximum absolute atomic E-state index is 12.9. The van der Waals surface area contributed by atoms with Crippen molar-refractivity contribution in [1.82, 2.24) is 9.80 Å². The minimum absolute atomic E-state index is 0.0820. The molecule has 0 unspecified atom stereocenters. The Hall–Kier alpha value is -1.59. The van der Waals surface area contributed by atoms with Crippen LogP contribution in [0, 0.1) is 0 Å². The van der Waals surface area contributed by atoms with Crippen LogP contribution in [0.4, 0.5) is 0 Å². The molecule has 23 heavy (non-hydrogen) atoms. The van der Waals surface area contributed by atoms with E-state index in [1.54, 1.807) is 0 Å². The first-order valence-electron chi connectivity index (χ1n) is 8.43. The third kappa shape index (κ3) is 4.03. The van der Waals surface area contributed by atoms with E-state index < -0.39 is 6.10 Å². The SMILES string of the molecule is CN(C)CCN(C[C@@H]1CCCO1)C(=O)[C@@H]1Cc2ccccc2O1. The summed E-state index contributed by atoms with van der Waals surface area (Å²) in [4.78, 5) is 17.0. The number of nitrogens with zero attached hydrogens (tertiary/aromatic N) is 2. The molecule has 2 heterocycles. The van der Waals surface area contributed by atoms with Crippen molar-refractivity contribution in [2.45, 2.75) is 31.5 Å². The van der Waals surface area contributed by atoms with Crippen LogP contribution in [-0.4, -0.2) is 68.3 Å². The number of carbonyl (C=O) groups excluding carboxylic acids is 1. The standard InChI is InChI=1S/C18H26N2O3/c1-19(2)9-10-20(13-15-7-5-11-22-15)18(21)17-12-14-6-3-4-8-16(14)23-17/h3-4,6,8,15,17H,5,7,9-13H2,1-2H3/t15-,17-/m0/s1. The molecule has 0 radical (unpaired) electrons. The molecule has 5 nitrogen and oxygen atoms in total. The first kappa shape index (κ1) is 16.3. The van der Waals surface area contributed by atoms with Crippen LogP contribution in [0.25, 0.3) is 0 Å². The predicted molar refractivity (Wildman–Crippen MR) is 88.7 cm³/mol. The van der Waals surface area contributed by atoms with E-state index in [0.29, 0.717) is 19.5 Å². The summed E-state index contributed by atoms with van der Waals surface area (Å²) in [5.41, 5.74) is 1.12. The molecule has 5 heteroatoms. The zero-order chi connectivity index (χ0) is 16.2. The van der Waals surface area contributed by atoms with Gasteiger partial charge in [-0.2, -0.15) is 0 Å². The van der Waals surface area contributed by atoms with Crippen LogP contribution in [0.2, 0.25) is 0 Å². The number of hydrogen-bond acceptors (Lipinski definition) is 4. The van der Waals surface area contributed by atoms with Gasteiger partial charge in [-0.25, -0.2) is 0 Å². The van der Waals surface area contributed by atoms with Crippen LogP contribution in [0.3, 0.4) is 0 Å². The highest BCUT2D eigenvalue weighted by molar-refractivity contribution is 5.82. The fourth-order valence-corrected chi connectivity index (χ4v) is 3.17. The van der Waals surface area contributed by atoms with E-state index in [1.807, 2.05) is 43.3 Å². The van der Waals surface area contributed by atoms with Gasteiger partial charge in [0.1, 0.15) is 5.75 Å². The average Bonchev–Trinajstić information content (AvgIpc) is 3.19. The first-order valence-corrected chi connectivity index (χ1v) is 8.43. The molecule has 0 aliphatic carbocycles.